The van der Waals surface area contributed by atoms with Crippen molar-refractivity contribution in [3.63, 3.8) is 0 Å². The van der Waals surface area contributed by atoms with Gasteiger partial charge in [0.15, 0.2) is 5.15 Å². The van der Waals surface area contributed by atoms with Crippen molar-refractivity contribution in [1.82, 2.24) is 4.37 Å². The van der Waals surface area contributed by atoms with E-state index in [1.54, 1.807) is 0 Å². The summed E-state index contributed by atoms with van der Waals surface area (Å²) in [4.78, 5) is 11.4. The normalized spacial score (nSPS) is 14.7. The zero-order valence-electron chi connectivity index (χ0n) is 11.8. The van der Waals surface area contributed by atoms with Gasteiger partial charge >= 0.3 is 0 Å². The molecule has 0 saturated heterocycles. The monoisotopic (exact) mass is 332 g/mol. The molecule has 112 valence electrons. The van der Waals surface area contributed by atoms with Gasteiger partial charge in [-0.3, -0.25) is 4.79 Å². The third-order valence-electron chi connectivity index (χ3n) is 3.63. The van der Waals surface area contributed by atoms with Gasteiger partial charge < -0.3 is 10.6 Å². The second-order valence-corrected chi connectivity index (χ2v) is 6.25. The summed E-state index contributed by atoms with van der Waals surface area (Å²) in [6.45, 7) is 2.01. The first-order valence-corrected chi connectivity index (χ1v) is 7.98. The number of benzene rings is 1. The van der Waals surface area contributed by atoms with Gasteiger partial charge in [-0.25, -0.2) is 0 Å². The molecule has 0 unspecified atom stereocenters. The van der Waals surface area contributed by atoms with Crippen LogP contribution in [0, 0.1) is 11.3 Å². The van der Waals surface area contributed by atoms with Crippen LogP contribution in [0.1, 0.15) is 36.1 Å². The van der Waals surface area contributed by atoms with Crippen LogP contribution < -0.4 is 10.6 Å². The molecule has 0 aliphatic carbocycles. The topological polar surface area (TPSA) is 77.8 Å². The average molecular weight is 333 g/mol. The SMILES string of the molecule is C[C@H](Nc1snc(Cl)c1C#N)c1ccc2c(c1)CCC(=O)N2. The summed E-state index contributed by atoms with van der Waals surface area (Å²) in [6, 6.07) is 8.04. The second-order valence-electron chi connectivity index (χ2n) is 5.12. The Morgan fingerprint density at radius 3 is 3.09 bits per heavy atom. The van der Waals surface area contributed by atoms with Crippen molar-refractivity contribution in [2.45, 2.75) is 25.8 Å². The van der Waals surface area contributed by atoms with E-state index in [9.17, 15) is 4.79 Å². The number of fused-ring (bicyclic) bond motifs is 1. The van der Waals surface area contributed by atoms with Gasteiger partial charge in [-0.2, -0.15) is 9.64 Å². The van der Waals surface area contributed by atoms with Gasteiger partial charge in [0, 0.05) is 18.2 Å². The van der Waals surface area contributed by atoms with E-state index in [4.69, 9.17) is 16.9 Å². The molecule has 0 bridgehead atoms. The number of aromatic nitrogens is 1. The number of carbonyl (C=O) groups excluding carboxylic acids is 1. The lowest BCUT2D eigenvalue weighted by Gasteiger charge is -2.20. The number of halogens is 1. The van der Waals surface area contributed by atoms with Crippen molar-refractivity contribution in [3.8, 4) is 6.07 Å². The van der Waals surface area contributed by atoms with Gasteiger partial charge in [0.2, 0.25) is 5.91 Å². The van der Waals surface area contributed by atoms with Crippen molar-refractivity contribution in [1.29, 1.82) is 5.26 Å². The second kappa shape index (κ2) is 5.95. The van der Waals surface area contributed by atoms with E-state index in [0.717, 1.165) is 23.2 Å². The molecule has 2 aromatic rings. The van der Waals surface area contributed by atoms with Crippen LogP contribution >= 0.6 is 23.1 Å². The quantitative estimate of drug-likeness (QED) is 0.897. The zero-order valence-corrected chi connectivity index (χ0v) is 13.4. The first kappa shape index (κ1) is 14.8. The number of aryl methyl sites for hydroxylation is 1. The Morgan fingerprint density at radius 2 is 2.32 bits per heavy atom. The van der Waals surface area contributed by atoms with E-state index >= 15 is 0 Å². The molecule has 0 radical (unpaired) electrons. The minimum atomic E-state index is 0.00606. The first-order valence-electron chi connectivity index (χ1n) is 6.83. The molecule has 1 amide bonds. The van der Waals surface area contributed by atoms with Crippen LogP contribution in [-0.4, -0.2) is 10.3 Å². The minimum absolute atomic E-state index is 0.00606. The molecule has 1 atom stereocenters. The highest BCUT2D eigenvalue weighted by molar-refractivity contribution is 7.10. The highest BCUT2D eigenvalue weighted by Crippen LogP contribution is 2.32. The molecule has 7 heteroatoms. The van der Waals surface area contributed by atoms with Crippen LogP contribution in [0.2, 0.25) is 5.15 Å². The van der Waals surface area contributed by atoms with E-state index in [-0.39, 0.29) is 17.1 Å². The Morgan fingerprint density at radius 1 is 1.50 bits per heavy atom. The molecular formula is C15H13ClN4OS. The van der Waals surface area contributed by atoms with Gasteiger partial charge in [0.1, 0.15) is 16.6 Å². The predicted molar refractivity (Wildman–Crippen MR) is 87.3 cm³/mol. The van der Waals surface area contributed by atoms with Gasteiger partial charge in [0.25, 0.3) is 0 Å². The summed E-state index contributed by atoms with van der Waals surface area (Å²) in [7, 11) is 0. The van der Waals surface area contributed by atoms with E-state index in [1.165, 1.54) is 11.5 Å². The Kier molecular flexibility index (Phi) is 4.01. The molecule has 2 heterocycles. The van der Waals surface area contributed by atoms with Gasteiger partial charge in [-0.15, -0.1) is 0 Å². The van der Waals surface area contributed by atoms with E-state index < -0.39 is 0 Å². The lowest BCUT2D eigenvalue weighted by Crippen LogP contribution is -2.19. The number of hydrogen-bond acceptors (Lipinski definition) is 5. The molecule has 0 spiro atoms. The first-order chi connectivity index (χ1) is 10.6. The minimum Gasteiger partial charge on any atom is -0.368 e. The summed E-state index contributed by atoms with van der Waals surface area (Å²) in [6.07, 6.45) is 1.26. The number of amides is 1. The summed E-state index contributed by atoms with van der Waals surface area (Å²) in [5.74, 6) is 0.0596. The van der Waals surface area contributed by atoms with Crippen molar-refractivity contribution in [2.24, 2.45) is 0 Å². The van der Waals surface area contributed by atoms with E-state index in [1.807, 2.05) is 19.1 Å². The Balaban J connectivity index is 1.82. The standard InChI is InChI=1S/C15H13ClN4OS/c1-8(18-15-11(7-17)14(16)20-22-15)9-2-4-12-10(6-9)3-5-13(21)19-12/h2,4,6,8,18H,3,5H2,1H3,(H,19,21)/t8-/m0/s1. The molecule has 3 rings (SSSR count). The lowest BCUT2D eigenvalue weighted by atomic mass is 9.98. The fourth-order valence-electron chi connectivity index (χ4n) is 2.42. The maximum atomic E-state index is 11.4. The maximum Gasteiger partial charge on any atom is 0.224 e. The smallest absolute Gasteiger partial charge is 0.224 e. The number of hydrogen-bond donors (Lipinski definition) is 2. The Hall–Kier alpha value is -2.10. The van der Waals surface area contributed by atoms with E-state index in [0.29, 0.717) is 17.0 Å². The molecule has 22 heavy (non-hydrogen) atoms. The molecular weight excluding hydrogens is 320 g/mol. The van der Waals surface area contributed by atoms with Crippen LogP contribution in [0.3, 0.4) is 0 Å². The number of anilines is 2. The highest BCUT2D eigenvalue weighted by Gasteiger charge is 2.18. The average Bonchev–Trinajstić information content (AvgIpc) is 2.86. The Labute approximate surface area is 137 Å². The number of rotatable bonds is 3. The lowest BCUT2D eigenvalue weighted by molar-refractivity contribution is -0.116. The molecule has 0 fully saturated rings. The fourth-order valence-corrected chi connectivity index (χ4v) is 3.44. The molecule has 1 aliphatic heterocycles. The summed E-state index contributed by atoms with van der Waals surface area (Å²) in [5, 5.41) is 16.2. The summed E-state index contributed by atoms with van der Waals surface area (Å²) < 4.78 is 3.99. The largest absolute Gasteiger partial charge is 0.368 e. The molecule has 2 N–H and O–H groups in total. The van der Waals surface area contributed by atoms with Crippen molar-refractivity contribution in [3.05, 3.63) is 40.0 Å². The van der Waals surface area contributed by atoms with Gasteiger partial charge in [-0.05, 0) is 42.1 Å². The molecule has 1 aromatic heterocycles. The third-order valence-corrected chi connectivity index (χ3v) is 4.79. The van der Waals surface area contributed by atoms with Crippen molar-refractivity contribution < 1.29 is 4.79 Å². The molecule has 5 nitrogen and oxygen atoms in total. The number of nitrogens with zero attached hydrogens (tertiary/aromatic N) is 2. The zero-order chi connectivity index (χ0) is 15.7. The molecule has 1 aliphatic rings. The number of nitriles is 1. The van der Waals surface area contributed by atoms with Crippen LogP contribution in [0.5, 0.6) is 0 Å². The van der Waals surface area contributed by atoms with Crippen molar-refractivity contribution in [2.75, 3.05) is 10.6 Å². The summed E-state index contributed by atoms with van der Waals surface area (Å²) in [5.41, 5.74) is 3.48. The summed E-state index contributed by atoms with van der Waals surface area (Å²) >= 11 is 7.06. The van der Waals surface area contributed by atoms with Crippen LogP contribution in [0.15, 0.2) is 18.2 Å². The van der Waals surface area contributed by atoms with Crippen LogP contribution in [0.4, 0.5) is 10.7 Å². The third kappa shape index (κ3) is 2.78. The fraction of sp³-hybridized carbons (Fsp3) is 0.267. The van der Waals surface area contributed by atoms with Crippen LogP contribution in [-0.2, 0) is 11.2 Å². The van der Waals surface area contributed by atoms with Gasteiger partial charge in [-0.1, -0.05) is 23.7 Å². The Bertz CT molecular complexity index is 780. The number of nitrogens with one attached hydrogen (secondary N) is 2. The molecule has 0 saturated carbocycles. The highest BCUT2D eigenvalue weighted by atomic mass is 35.5. The van der Waals surface area contributed by atoms with Crippen LogP contribution in [0.25, 0.3) is 0 Å². The predicted octanol–water partition coefficient (Wildman–Crippen LogP) is 3.73. The maximum absolute atomic E-state index is 11.4. The van der Waals surface area contributed by atoms with Gasteiger partial charge in [0.05, 0.1) is 0 Å². The van der Waals surface area contributed by atoms with E-state index in [2.05, 4.69) is 27.1 Å². The van der Waals surface area contributed by atoms with Crippen molar-refractivity contribution >= 4 is 39.7 Å². The number of carbonyl (C=O) groups is 1. The molecule has 1 aromatic carbocycles.